The number of carbonyl (C=O) groups excluding carboxylic acids is 1. The molecule has 8 heteroatoms. The van der Waals surface area contributed by atoms with E-state index in [1.54, 1.807) is 24.3 Å². The van der Waals surface area contributed by atoms with Gasteiger partial charge in [-0.05, 0) is 30.3 Å². The molecule has 0 aliphatic heterocycles. The van der Waals surface area contributed by atoms with Crippen molar-refractivity contribution in [1.29, 1.82) is 0 Å². The molecule has 0 aromatic heterocycles. The number of nitro benzene ring substituents is 1. The lowest BCUT2D eigenvalue weighted by Crippen LogP contribution is -2.16. The topological polar surface area (TPSA) is 93.5 Å². The summed E-state index contributed by atoms with van der Waals surface area (Å²) in [5, 5.41) is 16.0. The average molecular weight is 319 g/mol. The van der Waals surface area contributed by atoms with Gasteiger partial charge in [-0.15, -0.1) is 0 Å². The van der Waals surface area contributed by atoms with Crippen LogP contribution in [0.15, 0.2) is 42.5 Å². The van der Waals surface area contributed by atoms with Crippen LogP contribution in [-0.4, -0.2) is 24.5 Å². The molecule has 0 radical (unpaired) electrons. The Kier molecular flexibility index (Phi) is 5.21. The molecule has 120 valence electrons. The van der Waals surface area contributed by atoms with Crippen molar-refractivity contribution in [3.63, 3.8) is 0 Å². The van der Waals surface area contributed by atoms with Crippen molar-refractivity contribution < 1.29 is 18.8 Å². The van der Waals surface area contributed by atoms with Crippen molar-refractivity contribution in [2.75, 3.05) is 24.4 Å². The molecule has 0 aliphatic carbocycles. The van der Waals surface area contributed by atoms with Crippen molar-refractivity contribution >= 4 is 28.7 Å². The summed E-state index contributed by atoms with van der Waals surface area (Å²) in [6, 6.07) is 9.92. The lowest BCUT2D eigenvalue weighted by molar-refractivity contribution is -0.385. The third-order valence-corrected chi connectivity index (χ3v) is 2.89. The van der Waals surface area contributed by atoms with Crippen LogP contribution < -0.4 is 10.6 Å². The normalized spacial score (nSPS) is 10.2. The van der Waals surface area contributed by atoms with E-state index in [0.717, 1.165) is 6.07 Å². The lowest BCUT2D eigenvalue weighted by atomic mass is 10.2. The van der Waals surface area contributed by atoms with Crippen LogP contribution in [0.4, 0.5) is 27.1 Å². The summed E-state index contributed by atoms with van der Waals surface area (Å²) >= 11 is 0. The Balaban J connectivity index is 2.06. The Morgan fingerprint density at radius 2 is 1.87 bits per heavy atom. The van der Waals surface area contributed by atoms with Crippen molar-refractivity contribution in [1.82, 2.24) is 0 Å². The summed E-state index contributed by atoms with van der Waals surface area (Å²) in [6.45, 7) is -0.0476. The fourth-order valence-corrected chi connectivity index (χ4v) is 1.84. The van der Waals surface area contributed by atoms with Gasteiger partial charge in [0.2, 0.25) is 5.91 Å². The maximum Gasteiger partial charge on any atom is 0.272 e. The van der Waals surface area contributed by atoms with E-state index in [9.17, 15) is 19.3 Å². The zero-order chi connectivity index (χ0) is 16.8. The van der Waals surface area contributed by atoms with Crippen LogP contribution in [0, 0.1) is 15.9 Å². The summed E-state index contributed by atoms with van der Waals surface area (Å²) in [4.78, 5) is 21.3. The maximum atomic E-state index is 13.8. The lowest BCUT2D eigenvalue weighted by Gasteiger charge is -2.09. The van der Waals surface area contributed by atoms with Crippen LogP contribution in [0.1, 0.15) is 0 Å². The molecule has 2 aromatic rings. The third-order valence-electron chi connectivity index (χ3n) is 2.89. The van der Waals surface area contributed by atoms with E-state index in [4.69, 9.17) is 4.74 Å². The Morgan fingerprint density at radius 3 is 2.43 bits per heavy atom. The number of hydrogen-bond donors (Lipinski definition) is 2. The fraction of sp³-hybridized carbons (Fsp3) is 0.133. The van der Waals surface area contributed by atoms with E-state index in [1.807, 2.05) is 0 Å². The molecule has 0 saturated heterocycles. The minimum Gasteiger partial charge on any atom is -0.375 e. The molecule has 1 amide bonds. The first-order valence-corrected chi connectivity index (χ1v) is 6.59. The number of methoxy groups -OCH3 is 1. The van der Waals surface area contributed by atoms with Gasteiger partial charge in [-0.3, -0.25) is 14.9 Å². The molecule has 2 aromatic carbocycles. The molecule has 0 bridgehead atoms. The molecule has 0 heterocycles. The minimum atomic E-state index is -0.725. The van der Waals surface area contributed by atoms with Crippen LogP contribution in [-0.2, 0) is 9.53 Å². The Hall–Kier alpha value is -3.00. The van der Waals surface area contributed by atoms with Gasteiger partial charge >= 0.3 is 0 Å². The van der Waals surface area contributed by atoms with Crippen LogP contribution in [0.25, 0.3) is 0 Å². The van der Waals surface area contributed by atoms with Crippen LogP contribution in [0.3, 0.4) is 0 Å². The third kappa shape index (κ3) is 4.48. The second-order valence-electron chi connectivity index (χ2n) is 4.60. The first-order valence-electron chi connectivity index (χ1n) is 6.59. The van der Waals surface area contributed by atoms with E-state index < -0.39 is 10.7 Å². The van der Waals surface area contributed by atoms with Gasteiger partial charge in [0, 0.05) is 24.6 Å². The average Bonchev–Trinajstić information content (AvgIpc) is 2.51. The quantitative estimate of drug-likeness (QED) is 0.630. The van der Waals surface area contributed by atoms with Crippen LogP contribution in [0.5, 0.6) is 0 Å². The van der Waals surface area contributed by atoms with Crippen molar-refractivity contribution in [3.05, 3.63) is 58.4 Å². The largest absolute Gasteiger partial charge is 0.375 e. The molecule has 0 atom stereocenters. The second-order valence-corrected chi connectivity index (χ2v) is 4.60. The smallest absolute Gasteiger partial charge is 0.272 e. The van der Waals surface area contributed by atoms with Gasteiger partial charge in [0.25, 0.3) is 5.69 Å². The number of anilines is 3. The Labute approximate surface area is 131 Å². The maximum absolute atomic E-state index is 13.8. The molecule has 2 rings (SSSR count). The standard InChI is InChI=1S/C15H14FN3O4/c1-23-9-15(20)18-11-4-2-10(3-5-11)17-14-7-6-12(19(21)22)8-13(14)16/h2-8,17H,9H2,1H3,(H,18,20). The van der Waals surface area contributed by atoms with Gasteiger partial charge in [-0.25, -0.2) is 4.39 Å². The Bertz CT molecular complexity index is 719. The number of nitrogens with one attached hydrogen (secondary N) is 2. The molecule has 0 aliphatic rings. The predicted molar refractivity (Wildman–Crippen MR) is 83.3 cm³/mol. The van der Waals surface area contributed by atoms with Gasteiger partial charge in [0.05, 0.1) is 16.7 Å². The summed E-state index contributed by atoms with van der Waals surface area (Å²) in [7, 11) is 1.42. The molecule has 0 spiro atoms. The molecule has 23 heavy (non-hydrogen) atoms. The van der Waals surface area contributed by atoms with Crippen molar-refractivity contribution in [2.45, 2.75) is 0 Å². The number of benzene rings is 2. The van der Waals surface area contributed by atoms with Gasteiger partial charge in [0.1, 0.15) is 6.61 Å². The summed E-state index contributed by atoms with van der Waals surface area (Å²) in [5.41, 5.74) is 0.945. The van der Waals surface area contributed by atoms with E-state index >= 15 is 0 Å². The van der Waals surface area contributed by atoms with Crippen LogP contribution in [0.2, 0.25) is 0 Å². The monoisotopic (exact) mass is 319 g/mol. The number of ether oxygens (including phenoxy) is 1. The van der Waals surface area contributed by atoms with Gasteiger partial charge in [0.15, 0.2) is 5.82 Å². The zero-order valence-electron chi connectivity index (χ0n) is 12.2. The van der Waals surface area contributed by atoms with Crippen LogP contribution >= 0.6 is 0 Å². The van der Waals surface area contributed by atoms with Gasteiger partial charge in [-0.2, -0.15) is 0 Å². The fourth-order valence-electron chi connectivity index (χ4n) is 1.84. The molecular weight excluding hydrogens is 305 g/mol. The summed E-state index contributed by atoms with van der Waals surface area (Å²) in [5.74, 6) is -1.01. The highest BCUT2D eigenvalue weighted by atomic mass is 19.1. The first-order chi connectivity index (χ1) is 11.0. The number of rotatable bonds is 6. The molecule has 7 nitrogen and oxygen atoms in total. The molecule has 2 N–H and O–H groups in total. The number of non-ortho nitro benzene ring substituents is 1. The number of hydrogen-bond acceptors (Lipinski definition) is 5. The number of amides is 1. The highest BCUT2D eigenvalue weighted by molar-refractivity contribution is 5.91. The highest BCUT2D eigenvalue weighted by Crippen LogP contribution is 2.24. The Morgan fingerprint density at radius 1 is 1.22 bits per heavy atom. The van der Waals surface area contributed by atoms with Crippen molar-refractivity contribution in [3.8, 4) is 0 Å². The summed E-state index contributed by atoms with van der Waals surface area (Å²) in [6.07, 6.45) is 0. The molecule has 0 saturated carbocycles. The van der Waals surface area contributed by atoms with E-state index in [-0.39, 0.29) is 23.9 Å². The second kappa shape index (κ2) is 7.32. The SMILES string of the molecule is COCC(=O)Nc1ccc(Nc2ccc([N+](=O)[O-])cc2F)cc1. The molecular formula is C15H14FN3O4. The minimum absolute atomic E-state index is 0.0476. The number of carbonyl (C=O) groups is 1. The molecule has 0 unspecified atom stereocenters. The van der Waals surface area contributed by atoms with E-state index in [0.29, 0.717) is 11.4 Å². The van der Waals surface area contributed by atoms with Gasteiger partial charge < -0.3 is 15.4 Å². The zero-order valence-corrected chi connectivity index (χ0v) is 12.2. The number of halogens is 1. The molecule has 0 fully saturated rings. The number of nitro groups is 1. The van der Waals surface area contributed by atoms with Gasteiger partial charge in [-0.1, -0.05) is 0 Å². The van der Waals surface area contributed by atoms with E-state index in [1.165, 1.54) is 19.2 Å². The number of nitrogens with zero attached hydrogens (tertiary/aromatic N) is 1. The van der Waals surface area contributed by atoms with Crippen molar-refractivity contribution in [2.24, 2.45) is 0 Å². The first kappa shape index (κ1) is 16.4. The predicted octanol–water partition coefficient (Wildman–Crippen LogP) is 3.06. The highest BCUT2D eigenvalue weighted by Gasteiger charge is 2.10. The summed E-state index contributed by atoms with van der Waals surface area (Å²) < 4.78 is 18.5. The van der Waals surface area contributed by atoms with E-state index in [2.05, 4.69) is 10.6 Å².